The van der Waals surface area contributed by atoms with Crippen LogP contribution in [0.1, 0.15) is 116 Å². The number of nitrogens with zero attached hydrogens (tertiary/aromatic N) is 5. The van der Waals surface area contributed by atoms with E-state index in [-0.39, 0.29) is 37.9 Å². The van der Waals surface area contributed by atoms with Crippen molar-refractivity contribution >= 4 is 49.6 Å². The van der Waals surface area contributed by atoms with Crippen molar-refractivity contribution in [2.75, 3.05) is 6.54 Å². The molecule has 3 aromatic heterocycles. The van der Waals surface area contributed by atoms with E-state index in [1.54, 1.807) is 0 Å². The molecule has 0 spiro atoms. The molecule has 1 fully saturated rings. The molecule has 0 bridgehead atoms. The summed E-state index contributed by atoms with van der Waals surface area (Å²) >= 11 is 0. The first kappa shape index (κ1) is 38.7. The molecule has 0 saturated heterocycles. The smallest absolute Gasteiger partial charge is 0.391 e. The fourth-order valence-electron chi connectivity index (χ4n) is 9.08. The second kappa shape index (κ2) is 14.3. The second-order valence-corrected chi connectivity index (χ2v) is 18.8. The zero-order valence-electron chi connectivity index (χ0n) is 34.5. The molecule has 4 heterocycles. The minimum Gasteiger partial charge on any atom is -0.391 e. The zero-order valence-corrected chi connectivity index (χ0v) is 36.8. The first-order valence-electron chi connectivity index (χ1n) is 20.6. The Kier molecular flexibility index (Phi) is 9.88. The monoisotopic (exact) mass is 920 g/mol. The van der Waals surface area contributed by atoms with Crippen molar-refractivity contribution in [3.63, 3.8) is 0 Å². The van der Waals surface area contributed by atoms with Crippen molar-refractivity contribution in [2.24, 2.45) is 10.4 Å². The number of aromatic nitrogens is 3. The van der Waals surface area contributed by atoms with E-state index in [1.165, 1.54) is 65.0 Å². The number of hydrogen-bond donors (Lipinski definition) is 0. The van der Waals surface area contributed by atoms with E-state index in [0.717, 1.165) is 56.9 Å². The van der Waals surface area contributed by atoms with E-state index in [0.29, 0.717) is 12.0 Å². The second-order valence-electron chi connectivity index (χ2n) is 18.8. The third-order valence-electron chi connectivity index (χ3n) is 12.4. The Morgan fingerprint density at radius 1 is 0.732 bits per heavy atom. The molecule has 1 atom stereocenters. The van der Waals surface area contributed by atoms with E-state index < -0.39 is 0 Å². The van der Waals surface area contributed by atoms with Gasteiger partial charge in [-0.2, -0.15) is 6.07 Å². The maximum absolute atomic E-state index is 5.56. The van der Waals surface area contributed by atoms with Crippen LogP contribution >= 0.6 is 0 Å². The molecule has 6 heteroatoms. The minimum atomic E-state index is 0. The molecular formula is C50H55N5Pt. The standard InChI is InChI=1S/C50H55N5.Pt/c1-31(2)33-25-34(47-52-46(50(7,8)9)30-53(47)36-14-11-10-12-15-36)27-38(26-33)54-43-21-17-32(3)24-41(43)39-20-19-37(29-45(39)54)55-44-22-18-35(49(4,5)6)28-42(44)40-16-13-23-51-48(40)55;/h13,16-26,28,31,36,46H,10-12,14-15,30H2,1-9H3;/q-2;+2/t46-;/m0./s1. The predicted molar refractivity (Wildman–Crippen MR) is 231 cm³/mol. The van der Waals surface area contributed by atoms with Gasteiger partial charge in [0.15, 0.2) is 0 Å². The Bertz CT molecular complexity index is 2640. The van der Waals surface area contributed by atoms with Crippen LogP contribution in [0.5, 0.6) is 0 Å². The number of hydrogen-bond acceptors (Lipinski definition) is 3. The van der Waals surface area contributed by atoms with Gasteiger partial charge in [-0.25, -0.2) is 4.98 Å². The van der Waals surface area contributed by atoms with E-state index in [9.17, 15) is 0 Å². The van der Waals surface area contributed by atoms with Crippen molar-refractivity contribution in [1.82, 2.24) is 19.0 Å². The zero-order chi connectivity index (χ0) is 38.4. The predicted octanol–water partition coefficient (Wildman–Crippen LogP) is 12.4. The number of aryl methyl sites for hydroxylation is 1. The van der Waals surface area contributed by atoms with Crippen molar-refractivity contribution in [3.8, 4) is 11.4 Å². The summed E-state index contributed by atoms with van der Waals surface area (Å²) < 4.78 is 4.70. The third-order valence-corrected chi connectivity index (χ3v) is 12.4. The molecule has 0 amide bonds. The molecule has 56 heavy (non-hydrogen) atoms. The number of rotatable bonds is 5. The van der Waals surface area contributed by atoms with Crippen LogP contribution in [-0.2, 0) is 26.5 Å². The van der Waals surface area contributed by atoms with Crippen LogP contribution in [0.25, 0.3) is 55.1 Å². The fourth-order valence-corrected chi connectivity index (χ4v) is 9.08. The molecule has 0 unspecified atom stereocenters. The van der Waals surface area contributed by atoms with Gasteiger partial charge in [-0.05, 0) is 83.5 Å². The van der Waals surface area contributed by atoms with Gasteiger partial charge < -0.3 is 19.0 Å². The molecule has 7 aromatic rings. The van der Waals surface area contributed by atoms with Gasteiger partial charge >= 0.3 is 21.1 Å². The summed E-state index contributed by atoms with van der Waals surface area (Å²) in [6.07, 6.45) is 8.33. The molecular weight excluding hydrogens is 866 g/mol. The van der Waals surface area contributed by atoms with Gasteiger partial charge in [-0.15, -0.1) is 46.8 Å². The van der Waals surface area contributed by atoms with Gasteiger partial charge in [0.05, 0.1) is 11.6 Å². The van der Waals surface area contributed by atoms with Gasteiger partial charge in [0.1, 0.15) is 5.65 Å². The average Bonchev–Trinajstić information content (AvgIpc) is 3.85. The van der Waals surface area contributed by atoms with Gasteiger partial charge in [0.25, 0.3) is 0 Å². The molecule has 290 valence electrons. The molecule has 1 aliphatic carbocycles. The quantitative estimate of drug-likeness (QED) is 0.161. The Balaban J connectivity index is 0.00000441. The third kappa shape index (κ3) is 6.62. The topological polar surface area (TPSA) is 38.4 Å². The first-order valence-corrected chi connectivity index (χ1v) is 20.6. The molecule has 0 N–H and O–H groups in total. The van der Waals surface area contributed by atoms with E-state index >= 15 is 0 Å². The van der Waals surface area contributed by atoms with Gasteiger partial charge in [0, 0.05) is 40.9 Å². The van der Waals surface area contributed by atoms with Crippen molar-refractivity contribution in [1.29, 1.82) is 0 Å². The number of pyridine rings is 1. The van der Waals surface area contributed by atoms with Gasteiger partial charge in [-0.1, -0.05) is 110 Å². The number of amidine groups is 1. The molecule has 1 saturated carbocycles. The summed E-state index contributed by atoms with van der Waals surface area (Å²) in [5, 5.41) is 4.79. The van der Waals surface area contributed by atoms with Crippen LogP contribution in [0, 0.1) is 24.5 Å². The largest absolute Gasteiger partial charge is 2.00 e. The Hall–Kier alpha value is -4.21. The minimum absolute atomic E-state index is 0. The SMILES string of the molecule is Cc1ccc2c(c1)c1ccc(-n3c4ccc(C(C)(C)C)cc4c4cccnc43)[c-]c1n2-c1[c-]c(C2=N[C@H](C(C)(C)C)CN2C2CCCCC2)cc(C(C)C)c1.[Pt+2]. The van der Waals surface area contributed by atoms with Crippen molar-refractivity contribution < 1.29 is 21.1 Å². The summed E-state index contributed by atoms with van der Waals surface area (Å²) in [7, 11) is 0. The Morgan fingerprint density at radius 2 is 1.46 bits per heavy atom. The summed E-state index contributed by atoms with van der Waals surface area (Å²) in [6.45, 7) is 21.6. The van der Waals surface area contributed by atoms with Crippen molar-refractivity contribution in [3.05, 3.63) is 113 Å². The van der Waals surface area contributed by atoms with Crippen LogP contribution < -0.4 is 0 Å². The number of fused-ring (bicyclic) bond motifs is 6. The van der Waals surface area contributed by atoms with Gasteiger partial charge in [0.2, 0.25) is 0 Å². The van der Waals surface area contributed by atoms with Gasteiger partial charge in [-0.3, -0.25) is 0 Å². The molecule has 1 aliphatic heterocycles. The van der Waals surface area contributed by atoms with E-state index in [2.05, 4.69) is 155 Å². The van der Waals surface area contributed by atoms with Crippen LogP contribution in [0.4, 0.5) is 0 Å². The molecule has 0 radical (unpaired) electrons. The fraction of sp³-hybridized carbons (Fsp3) is 0.400. The maximum atomic E-state index is 5.56. The van der Waals surface area contributed by atoms with E-state index in [1.807, 2.05) is 12.3 Å². The molecule has 5 nitrogen and oxygen atoms in total. The van der Waals surface area contributed by atoms with E-state index in [4.69, 9.17) is 9.98 Å². The maximum Gasteiger partial charge on any atom is 2.00 e. The summed E-state index contributed by atoms with van der Waals surface area (Å²) in [4.78, 5) is 13.2. The van der Waals surface area contributed by atoms with Crippen LogP contribution in [-0.4, -0.2) is 43.5 Å². The average molecular weight is 921 g/mol. The first-order chi connectivity index (χ1) is 26.3. The van der Waals surface area contributed by atoms with Crippen LogP contribution in [0.3, 0.4) is 0 Å². The molecule has 9 rings (SSSR count). The summed E-state index contributed by atoms with van der Waals surface area (Å²) in [6, 6.07) is 36.0. The Morgan fingerprint density at radius 3 is 2.20 bits per heavy atom. The normalized spacial score (nSPS) is 17.1. The Labute approximate surface area is 347 Å². The van der Waals surface area contributed by atoms with Crippen LogP contribution in [0.2, 0.25) is 0 Å². The van der Waals surface area contributed by atoms with Crippen molar-refractivity contribution in [2.45, 2.75) is 118 Å². The number of benzene rings is 4. The summed E-state index contributed by atoms with van der Waals surface area (Å²) in [5.74, 6) is 1.47. The molecule has 4 aromatic carbocycles. The number of aliphatic imine (C=N–C) groups is 1. The van der Waals surface area contributed by atoms with Crippen LogP contribution in [0.15, 0.2) is 84.0 Å². The molecule has 2 aliphatic rings. The summed E-state index contributed by atoms with van der Waals surface area (Å²) in [5.41, 5.74) is 11.4.